The van der Waals surface area contributed by atoms with E-state index in [1.807, 2.05) is 17.9 Å². The average molecular weight is 311 g/mol. The molecular formula is C16H17N5O2. The summed E-state index contributed by atoms with van der Waals surface area (Å²) in [6.45, 7) is 3.46. The number of aromatic nitrogens is 2. The molecule has 0 unspecified atom stereocenters. The highest BCUT2D eigenvalue weighted by atomic mass is 16.2. The molecule has 3 rings (SSSR count). The summed E-state index contributed by atoms with van der Waals surface area (Å²) in [4.78, 5) is 33.9. The minimum absolute atomic E-state index is 0.0130. The Morgan fingerprint density at radius 3 is 2.87 bits per heavy atom. The summed E-state index contributed by atoms with van der Waals surface area (Å²) in [5.74, 6) is 0.424. The van der Waals surface area contributed by atoms with Gasteiger partial charge in [-0.05, 0) is 31.2 Å². The lowest BCUT2D eigenvalue weighted by Crippen LogP contribution is -2.48. The zero-order valence-corrected chi connectivity index (χ0v) is 12.7. The normalized spacial score (nSPS) is 14.3. The van der Waals surface area contributed by atoms with Gasteiger partial charge in [-0.15, -0.1) is 0 Å². The van der Waals surface area contributed by atoms with E-state index in [0.29, 0.717) is 30.3 Å². The zero-order valence-electron chi connectivity index (χ0n) is 12.7. The Morgan fingerprint density at radius 1 is 1.30 bits per heavy atom. The van der Waals surface area contributed by atoms with Crippen molar-refractivity contribution in [2.45, 2.75) is 6.92 Å². The van der Waals surface area contributed by atoms with Crippen LogP contribution in [-0.4, -0.2) is 41.4 Å². The van der Waals surface area contributed by atoms with Crippen molar-refractivity contribution >= 4 is 23.3 Å². The number of nitrogens with one attached hydrogen (secondary N) is 2. The number of nitrogens with zero attached hydrogens (tertiary/aromatic N) is 3. The fourth-order valence-electron chi connectivity index (χ4n) is 2.35. The number of rotatable bonds is 3. The second kappa shape index (κ2) is 6.43. The number of hydrogen-bond acceptors (Lipinski definition) is 5. The highest BCUT2D eigenvalue weighted by molar-refractivity contribution is 6.02. The van der Waals surface area contributed by atoms with E-state index in [4.69, 9.17) is 0 Å². The molecule has 1 aliphatic heterocycles. The first kappa shape index (κ1) is 15.0. The molecule has 2 aromatic rings. The molecule has 2 N–H and O–H groups in total. The zero-order chi connectivity index (χ0) is 16.2. The molecule has 0 saturated carbocycles. The molecule has 1 fully saturated rings. The minimum atomic E-state index is -0.277. The highest BCUT2D eigenvalue weighted by Crippen LogP contribution is 2.15. The van der Waals surface area contributed by atoms with E-state index in [9.17, 15) is 9.59 Å². The van der Waals surface area contributed by atoms with Crippen molar-refractivity contribution < 1.29 is 9.59 Å². The lowest BCUT2D eigenvalue weighted by molar-refractivity contribution is -0.120. The van der Waals surface area contributed by atoms with Crippen LogP contribution in [0.2, 0.25) is 0 Å². The molecule has 2 amide bonds. The van der Waals surface area contributed by atoms with Gasteiger partial charge < -0.3 is 15.5 Å². The molecule has 0 aromatic carbocycles. The minimum Gasteiger partial charge on any atom is -0.353 e. The van der Waals surface area contributed by atoms with E-state index in [1.165, 1.54) is 0 Å². The van der Waals surface area contributed by atoms with Crippen LogP contribution in [0.5, 0.6) is 0 Å². The van der Waals surface area contributed by atoms with Gasteiger partial charge in [-0.25, -0.2) is 9.97 Å². The standard InChI is InChI=1S/C16H17N5O2/c1-11-3-2-4-13(19-11)16(23)20-12-5-6-14(18-9-12)21-8-7-17-15(22)10-21/h2-6,9H,7-8,10H2,1H3,(H,17,22)(H,20,23). The Hall–Kier alpha value is -2.96. The number of anilines is 2. The van der Waals surface area contributed by atoms with E-state index in [-0.39, 0.29) is 11.8 Å². The topological polar surface area (TPSA) is 87.2 Å². The largest absolute Gasteiger partial charge is 0.353 e. The maximum absolute atomic E-state index is 12.1. The number of carbonyl (C=O) groups excluding carboxylic acids is 2. The molecule has 3 heterocycles. The van der Waals surface area contributed by atoms with Crippen molar-refractivity contribution in [1.82, 2.24) is 15.3 Å². The van der Waals surface area contributed by atoms with E-state index in [1.54, 1.807) is 30.5 Å². The van der Waals surface area contributed by atoms with Gasteiger partial charge in [-0.3, -0.25) is 9.59 Å². The molecule has 7 heteroatoms. The molecule has 0 atom stereocenters. The lowest BCUT2D eigenvalue weighted by atomic mass is 10.3. The summed E-state index contributed by atoms with van der Waals surface area (Å²) >= 11 is 0. The highest BCUT2D eigenvalue weighted by Gasteiger charge is 2.17. The van der Waals surface area contributed by atoms with E-state index in [0.717, 1.165) is 12.2 Å². The fraction of sp³-hybridized carbons (Fsp3) is 0.250. The van der Waals surface area contributed by atoms with Crippen molar-refractivity contribution in [2.75, 3.05) is 29.9 Å². The number of piperazine rings is 1. The molecule has 0 spiro atoms. The molecule has 118 valence electrons. The van der Waals surface area contributed by atoms with Crippen molar-refractivity contribution in [3.63, 3.8) is 0 Å². The van der Waals surface area contributed by atoms with Crippen LogP contribution in [0.1, 0.15) is 16.2 Å². The second-order valence-electron chi connectivity index (χ2n) is 5.29. The second-order valence-corrected chi connectivity index (χ2v) is 5.29. The summed E-state index contributed by atoms with van der Waals surface area (Å²) in [7, 11) is 0. The molecule has 1 aliphatic rings. The van der Waals surface area contributed by atoms with Gasteiger partial charge >= 0.3 is 0 Å². The summed E-state index contributed by atoms with van der Waals surface area (Å²) < 4.78 is 0. The van der Waals surface area contributed by atoms with Crippen molar-refractivity contribution in [3.8, 4) is 0 Å². The first-order valence-electron chi connectivity index (χ1n) is 7.34. The number of pyridine rings is 2. The first-order valence-corrected chi connectivity index (χ1v) is 7.34. The smallest absolute Gasteiger partial charge is 0.274 e. The fourth-order valence-corrected chi connectivity index (χ4v) is 2.35. The first-order chi connectivity index (χ1) is 11.1. The van der Waals surface area contributed by atoms with Crippen LogP contribution in [0.15, 0.2) is 36.5 Å². The quantitative estimate of drug-likeness (QED) is 0.882. The van der Waals surface area contributed by atoms with Gasteiger partial charge in [0.25, 0.3) is 5.91 Å². The predicted octanol–water partition coefficient (Wildman–Crippen LogP) is 0.974. The van der Waals surface area contributed by atoms with Crippen LogP contribution < -0.4 is 15.5 Å². The third-order valence-electron chi connectivity index (χ3n) is 3.49. The molecular weight excluding hydrogens is 294 g/mol. The van der Waals surface area contributed by atoms with Crippen molar-refractivity contribution in [2.24, 2.45) is 0 Å². The van der Waals surface area contributed by atoms with E-state index in [2.05, 4.69) is 20.6 Å². The van der Waals surface area contributed by atoms with Gasteiger partial charge in [0.1, 0.15) is 11.5 Å². The number of carbonyl (C=O) groups is 2. The predicted molar refractivity (Wildman–Crippen MR) is 86.4 cm³/mol. The average Bonchev–Trinajstić information content (AvgIpc) is 2.55. The summed E-state index contributed by atoms with van der Waals surface area (Å²) in [5, 5.41) is 5.53. The van der Waals surface area contributed by atoms with Crippen LogP contribution in [-0.2, 0) is 4.79 Å². The Balaban J connectivity index is 1.67. The Bertz CT molecular complexity index is 730. The number of aryl methyl sites for hydroxylation is 1. The molecule has 0 bridgehead atoms. The van der Waals surface area contributed by atoms with Gasteiger partial charge in [0.15, 0.2) is 0 Å². The maximum atomic E-state index is 12.1. The summed E-state index contributed by atoms with van der Waals surface area (Å²) in [6, 6.07) is 8.85. The summed E-state index contributed by atoms with van der Waals surface area (Å²) in [5.41, 5.74) is 1.74. The molecule has 7 nitrogen and oxygen atoms in total. The number of hydrogen-bond donors (Lipinski definition) is 2. The SMILES string of the molecule is Cc1cccc(C(=O)Nc2ccc(N3CCNC(=O)C3)nc2)n1. The van der Waals surface area contributed by atoms with Crippen molar-refractivity contribution in [3.05, 3.63) is 47.9 Å². The van der Waals surface area contributed by atoms with Crippen molar-refractivity contribution in [1.29, 1.82) is 0 Å². The van der Waals surface area contributed by atoms with Crippen LogP contribution in [0.4, 0.5) is 11.5 Å². The molecule has 23 heavy (non-hydrogen) atoms. The van der Waals surface area contributed by atoms with E-state index < -0.39 is 0 Å². The monoisotopic (exact) mass is 311 g/mol. The number of amides is 2. The molecule has 2 aromatic heterocycles. The maximum Gasteiger partial charge on any atom is 0.274 e. The molecule has 0 radical (unpaired) electrons. The Kier molecular flexibility index (Phi) is 4.18. The van der Waals surface area contributed by atoms with Crippen LogP contribution in [0, 0.1) is 6.92 Å². The summed E-state index contributed by atoms with van der Waals surface area (Å²) in [6.07, 6.45) is 1.58. The van der Waals surface area contributed by atoms with E-state index >= 15 is 0 Å². The van der Waals surface area contributed by atoms with Gasteiger partial charge in [0.2, 0.25) is 5.91 Å². The van der Waals surface area contributed by atoms with Crippen LogP contribution in [0.3, 0.4) is 0 Å². The third kappa shape index (κ3) is 3.63. The molecule has 0 aliphatic carbocycles. The van der Waals surface area contributed by atoms with Gasteiger partial charge in [-0.2, -0.15) is 0 Å². The molecule has 1 saturated heterocycles. The van der Waals surface area contributed by atoms with Crippen LogP contribution >= 0.6 is 0 Å². The Labute approximate surface area is 133 Å². The van der Waals surface area contributed by atoms with Gasteiger partial charge in [0, 0.05) is 18.8 Å². The van der Waals surface area contributed by atoms with Crippen LogP contribution in [0.25, 0.3) is 0 Å². The van der Waals surface area contributed by atoms with Gasteiger partial charge in [-0.1, -0.05) is 6.07 Å². The Morgan fingerprint density at radius 2 is 2.17 bits per heavy atom. The lowest BCUT2D eigenvalue weighted by Gasteiger charge is -2.27. The van der Waals surface area contributed by atoms with Gasteiger partial charge in [0.05, 0.1) is 18.4 Å². The third-order valence-corrected chi connectivity index (χ3v) is 3.49.